The van der Waals surface area contributed by atoms with Gasteiger partial charge in [0.05, 0.1) is 6.10 Å². The first-order valence-corrected chi connectivity index (χ1v) is 5.45. The molecule has 0 radical (unpaired) electrons. The molecule has 5 N–H and O–H groups in total. The molecule has 6 nitrogen and oxygen atoms in total. The first-order valence-electron chi connectivity index (χ1n) is 5.45. The Bertz CT molecular complexity index is 282. The van der Waals surface area contributed by atoms with E-state index < -0.39 is 18.1 Å². The van der Waals surface area contributed by atoms with Gasteiger partial charge in [-0.15, -0.1) is 0 Å². The third kappa shape index (κ3) is 2.70. The Morgan fingerprint density at radius 3 is 2.69 bits per heavy atom. The van der Waals surface area contributed by atoms with E-state index in [1.54, 1.807) is 6.92 Å². The highest BCUT2D eigenvalue weighted by Gasteiger charge is 2.38. The lowest BCUT2D eigenvalue weighted by molar-refractivity contribution is -0.140. The highest BCUT2D eigenvalue weighted by atomic mass is 16.3. The molecule has 1 saturated heterocycles. The molecule has 0 aromatic heterocycles. The predicted octanol–water partition coefficient (Wildman–Crippen LogP) is -1.58. The molecular formula is C10H19N3O3. The quantitative estimate of drug-likeness (QED) is 0.540. The van der Waals surface area contributed by atoms with Crippen molar-refractivity contribution in [3.05, 3.63) is 0 Å². The lowest BCUT2D eigenvalue weighted by Gasteiger charge is -2.25. The van der Waals surface area contributed by atoms with Crippen LogP contribution in [0.1, 0.15) is 19.8 Å². The largest absolute Gasteiger partial charge is 0.391 e. The Morgan fingerprint density at radius 1 is 1.56 bits per heavy atom. The van der Waals surface area contributed by atoms with Crippen LogP contribution >= 0.6 is 0 Å². The van der Waals surface area contributed by atoms with Gasteiger partial charge in [-0.3, -0.25) is 9.59 Å². The van der Waals surface area contributed by atoms with Crippen LogP contribution in [0.25, 0.3) is 0 Å². The maximum absolute atomic E-state index is 11.9. The molecule has 6 heteroatoms. The van der Waals surface area contributed by atoms with Crippen molar-refractivity contribution in [3.63, 3.8) is 0 Å². The second kappa shape index (κ2) is 5.27. The summed E-state index contributed by atoms with van der Waals surface area (Å²) in [4.78, 5) is 24.5. The molecular weight excluding hydrogens is 210 g/mol. The van der Waals surface area contributed by atoms with E-state index in [1.165, 1.54) is 4.90 Å². The first-order chi connectivity index (χ1) is 7.47. The van der Waals surface area contributed by atoms with Crippen molar-refractivity contribution in [1.29, 1.82) is 0 Å². The Hall–Kier alpha value is -1.14. The molecule has 0 bridgehead atoms. The van der Waals surface area contributed by atoms with Gasteiger partial charge in [-0.25, -0.2) is 0 Å². The van der Waals surface area contributed by atoms with E-state index in [1.807, 2.05) is 0 Å². The number of nitrogens with two attached hydrogens (primary N) is 2. The summed E-state index contributed by atoms with van der Waals surface area (Å²) in [5, 5.41) is 9.45. The van der Waals surface area contributed by atoms with Crippen LogP contribution in [-0.2, 0) is 9.59 Å². The summed E-state index contributed by atoms with van der Waals surface area (Å²) in [5.74, 6) is -0.965. The van der Waals surface area contributed by atoms with Gasteiger partial charge in [-0.1, -0.05) is 6.92 Å². The standard InChI is InChI=1S/C10H19N3O3/c1-6(2-3-11)10(16)13-5-7(14)4-8(13)9(12)15/h6-8,14H,2-5,11H2,1H3,(H2,12,15). The van der Waals surface area contributed by atoms with Crippen LogP contribution in [0.5, 0.6) is 0 Å². The van der Waals surface area contributed by atoms with Crippen molar-refractivity contribution >= 4 is 11.8 Å². The van der Waals surface area contributed by atoms with E-state index in [0.29, 0.717) is 13.0 Å². The van der Waals surface area contributed by atoms with Crippen molar-refractivity contribution in [3.8, 4) is 0 Å². The number of amides is 2. The van der Waals surface area contributed by atoms with Gasteiger partial charge in [-0.05, 0) is 13.0 Å². The highest BCUT2D eigenvalue weighted by molar-refractivity contribution is 5.88. The molecule has 92 valence electrons. The van der Waals surface area contributed by atoms with Crippen LogP contribution in [-0.4, -0.2) is 47.1 Å². The Labute approximate surface area is 94.6 Å². The topological polar surface area (TPSA) is 110 Å². The normalized spacial score (nSPS) is 26.8. The lowest BCUT2D eigenvalue weighted by Crippen LogP contribution is -2.46. The van der Waals surface area contributed by atoms with Gasteiger partial charge in [0.25, 0.3) is 0 Å². The van der Waals surface area contributed by atoms with Gasteiger partial charge in [0.2, 0.25) is 11.8 Å². The number of β-amino-alcohol motifs (C(OH)–C–C–N with tert-alkyl or cyclic N) is 1. The first kappa shape index (κ1) is 12.9. The molecule has 0 aliphatic carbocycles. The monoisotopic (exact) mass is 229 g/mol. The fraction of sp³-hybridized carbons (Fsp3) is 0.800. The predicted molar refractivity (Wildman–Crippen MR) is 58.2 cm³/mol. The van der Waals surface area contributed by atoms with Gasteiger partial charge < -0.3 is 21.5 Å². The van der Waals surface area contributed by atoms with Gasteiger partial charge in [0.1, 0.15) is 6.04 Å². The molecule has 0 aromatic carbocycles. The average Bonchev–Trinajstić information content (AvgIpc) is 2.59. The van der Waals surface area contributed by atoms with Crippen molar-refractivity contribution in [1.82, 2.24) is 4.90 Å². The number of nitrogens with zero attached hydrogens (tertiary/aromatic N) is 1. The van der Waals surface area contributed by atoms with Gasteiger partial charge in [-0.2, -0.15) is 0 Å². The maximum Gasteiger partial charge on any atom is 0.240 e. The third-order valence-electron chi connectivity index (χ3n) is 2.91. The summed E-state index contributed by atoms with van der Waals surface area (Å²) in [5.41, 5.74) is 10.6. The second-order valence-electron chi connectivity index (χ2n) is 4.28. The zero-order valence-corrected chi connectivity index (χ0v) is 9.43. The Kier molecular flexibility index (Phi) is 4.26. The second-order valence-corrected chi connectivity index (χ2v) is 4.28. The zero-order valence-electron chi connectivity index (χ0n) is 9.43. The highest BCUT2D eigenvalue weighted by Crippen LogP contribution is 2.20. The number of rotatable bonds is 4. The number of likely N-dealkylation sites (tertiary alicyclic amines) is 1. The Balaban J connectivity index is 2.70. The minimum Gasteiger partial charge on any atom is -0.391 e. The SMILES string of the molecule is CC(CCN)C(=O)N1CC(O)CC1C(N)=O. The molecule has 0 saturated carbocycles. The molecule has 3 unspecified atom stereocenters. The minimum absolute atomic E-state index is 0.161. The number of aliphatic hydroxyl groups excluding tert-OH is 1. The molecule has 1 aliphatic rings. The summed E-state index contributed by atoms with van der Waals surface area (Å²) >= 11 is 0. The Morgan fingerprint density at radius 2 is 2.19 bits per heavy atom. The van der Waals surface area contributed by atoms with Gasteiger partial charge >= 0.3 is 0 Å². The van der Waals surface area contributed by atoms with E-state index in [4.69, 9.17) is 11.5 Å². The van der Waals surface area contributed by atoms with Crippen LogP contribution in [0.4, 0.5) is 0 Å². The molecule has 1 rings (SSSR count). The average molecular weight is 229 g/mol. The summed E-state index contributed by atoms with van der Waals surface area (Å²) in [7, 11) is 0. The molecule has 16 heavy (non-hydrogen) atoms. The molecule has 1 heterocycles. The summed E-state index contributed by atoms with van der Waals surface area (Å²) in [6, 6.07) is -0.678. The smallest absolute Gasteiger partial charge is 0.240 e. The fourth-order valence-electron chi connectivity index (χ4n) is 1.98. The molecule has 0 aromatic rings. The van der Waals surface area contributed by atoms with E-state index in [2.05, 4.69) is 0 Å². The van der Waals surface area contributed by atoms with E-state index in [0.717, 1.165) is 0 Å². The molecule has 1 aliphatic heterocycles. The number of hydrogen-bond acceptors (Lipinski definition) is 4. The summed E-state index contributed by atoms with van der Waals surface area (Å²) in [6.45, 7) is 2.36. The van der Waals surface area contributed by atoms with Crippen molar-refractivity contribution in [2.75, 3.05) is 13.1 Å². The zero-order chi connectivity index (χ0) is 12.3. The van der Waals surface area contributed by atoms with E-state index in [9.17, 15) is 14.7 Å². The number of carbonyl (C=O) groups excluding carboxylic acids is 2. The van der Waals surface area contributed by atoms with Crippen LogP contribution in [0.3, 0.4) is 0 Å². The number of carbonyl (C=O) groups is 2. The summed E-state index contributed by atoms with van der Waals surface area (Å²) < 4.78 is 0. The van der Waals surface area contributed by atoms with Gasteiger partial charge in [0, 0.05) is 18.9 Å². The fourth-order valence-corrected chi connectivity index (χ4v) is 1.98. The van der Waals surface area contributed by atoms with E-state index >= 15 is 0 Å². The van der Waals surface area contributed by atoms with Crippen LogP contribution in [0, 0.1) is 5.92 Å². The van der Waals surface area contributed by atoms with Crippen molar-refractivity contribution < 1.29 is 14.7 Å². The number of primary amides is 1. The number of hydrogen-bond donors (Lipinski definition) is 3. The van der Waals surface area contributed by atoms with Gasteiger partial charge in [0.15, 0.2) is 0 Å². The van der Waals surface area contributed by atoms with Crippen LogP contribution in [0.2, 0.25) is 0 Å². The third-order valence-corrected chi connectivity index (χ3v) is 2.91. The van der Waals surface area contributed by atoms with Crippen molar-refractivity contribution in [2.45, 2.75) is 31.9 Å². The van der Waals surface area contributed by atoms with Crippen LogP contribution < -0.4 is 11.5 Å². The summed E-state index contributed by atoms with van der Waals surface area (Å²) in [6.07, 6.45) is 0.138. The van der Waals surface area contributed by atoms with Crippen molar-refractivity contribution in [2.24, 2.45) is 17.4 Å². The van der Waals surface area contributed by atoms with E-state index in [-0.39, 0.29) is 24.8 Å². The lowest BCUT2D eigenvalue weighted by atomic mass is 10.1. The molecule has 3 atom stereocenters. The minimum atomic E-state index is -0.678. The molecule has 0 spiro atoms. The molecule has 2 amide bonds. The molecule has 1 fully saturated rings. The number of aliphatic hydroxyl groups is 1. The van der Waals surface area contributed by atoms with Crippen LogP contribution in [0.15, 0.2) is 0 Å². The maximum atomic E-state index is 11.9.